The summed E-state index contributed by atoms with van der Waals surface area (Å²) in [5.74, 6) is 0.714. The zero-order valence-corrected chi connectivity index (χ0v) is 10.7. The third-order valence-corrected chi connectivity index (χ3v) is 2.60. The highest BCUT2D eigenvalue weighted by Crippen LogP contribution is 2.12. The molecule has 0 saturated carbocycles. The number of hydrogen-bond donors (Lipinski definition) is 0. The molecule has 6 nitrogen and oxygen atoms in total. The van der Waals surface area contributed by atoms with Crippen molar-refractivity contribution in [1.29, 1.82) is 0 Å². The zero-order chi connectivity index (χ0) is 13.7. The van der Waals surface area contributed by atoms with E-state index < -0.39 is 4.92 Å². The summed E-state index contributed by atoms with van der Waals surface area (Å²) in [7, 11) is 0. The van der Waals surface area contributed by atoms with Crippen LogP contribution in [0.4, 0.5) is 5.82 Å². The average molecular weight is 261 g/mol. The molecule has 2 aromatic rings. The number of hydrogen-bond acceptors (Lipinski definition) is 4. The van der Waals surface area contributed by atoms with Crippen molar-refractivity contribution in [2.45, 2.75) is 19.9 Å². The molecule has 0 N–H and O–H groups in total. The van der Waals surface area contributed by atoms with E-state index in [1.807, 2.05) is 31.2 Å². The van der Waals surface area contributed by atoms with Crippen LogP contribution in [0.2, 0.25) is 0 Å². The molecule has 0 aliphatic heterocycles. The number of aryl methyl sites for hydroxylation is 2. The third kappa shape index (κ3) is 3.80. The molecule has 0 amide bonds. The second-order valence-corrected chi connectivity index (χ2v) is 4.21. The van der Waals surface area contributed by atoms with Crippen molar-refractivity contribution in [3.8, 4) is 5.75 Å². The van der Waals surface area contributed by atoms with Crippen LogP contribution in [0, 0.1) is 17.0 Å². The molecule has 1 heterocycles. The quantitative estimate of drug-likeness (QED) is 0.455. The van der Waals surface area contributed by atoms with Gasteiger partial charge < -0.3 is 14.9 Å². The molecule has 0 bridgehead atoms. The molecule has 0 spiro atoms. The monoisotopic (exact) mass is 261 g/mol. The first-order valence-corrected chi connectivity index (χ1v) is 6.02. The molecule has 0 unspecified atom stereocenters. The molecule has 0 aliphatic carbocycles. The Bertz CT molecular complexity index is 566. The zero-order valence-electron chi connectivity index (χ0n) is 10.7. The SMILES string of the molecule is Cc1cccc(OCCCn2ccc([N+](=O)[O-])n2)c1. The molecule has 0 fully saturated rings. The number of nitro groups is 1. The highest BCUT2D eigenvalue weighted by atomic mass is 16.6. The lowest BCUT2D eigenvalue weighted by Crippen LogP contribution is -2.05. The molecule has 0 atom stereocenters. The Morgan fingerprint density at radius 2 is 2.26 bits per heavy atom. The Morgan fingerprint density at radius 3 is 2.95 bits per heavy atom. The summed E-state index contributed by atoms with van der Waals surface area (Å²) in [6, 6.07) is 9.23. The van der Waals surface area contributed by atoms with Gasteiger partial charge in [0.05, 0.1) is 30.5 Å². The molecular weight excluding hydrogens is 246 g/mol. The minimum absolute atomic E-state index is 0.125. The van der Waals surface area contributed by atoms with Crippen LogP contribution in [-0.2, 0) is 6.54 Å². The van der Waals surface area contributed by atoms with Crippen LogP contribution >= 0.6 is 0 Å². The maximum atomic E-state index is 10.5. The van der Waals surface area contributed by atoms with Crippen molar-refractivity contribution >= 4 is 5.82 Å². The summed E-state index contributed by atoms with van der Waals surface area (Å²) in [4.78, 5) is 9.97. The molecular formula is C13H15N3O3. The summed E-state index contributed by atoms with van der Waals surface area (Å²) >= 11 is 0. The number of rotatable bonds is 6. The van der Waals surface area contributed by atoms with E-state index in [0.29, 0.717) is 13.2 Å². The van der Waals surface area contributed by atoms with Gasteiger partial charge in [-0.3, -0.25) is 0 Å². The van der Waals surface area contributed by atoms with Crippen LogP contribution < -0.4 is 4.74 Å². The van der Waals surface area contributed by atoms with Gasteiger partial charge in [0.25, 0.3) is 0 Å². The van der Waals surface area contributed by atoms with Gasteiger partial charge in [-0.1, -0.05) is 12.1 Å². The third-order valence-electron chi connectivity index (χ3n) is 2.60. The van der Waals surface area contributed by atoms with E-state index in [1.165, 1.54) is 6.07 Å². The van der Waals surface area contributed by atoms with Gasteiger partial charge in [0, 0.05) is 6.42 Å². The Hall–Kier alpha value is -2.37. The smallest absolute Gasteiger partial charge is 0.389 e. The van der Waals surface area contributed by atoms with Crippen molar-refractivity contribution in [2.24, 2.45) is 0 Å². The van der Waals surface area contributed by atoms with E-state index >= 15 is 0 Å². The highest BCUT2D eigenvalue weighted by molar-refractivity contribution is 5.27. The van der Waals surface area contributed by atoms with Crippen molar-refractivity contribution in [1.82, 2.24) is 9.78 Å². The van der Waals surface area contributed by atoms with Crippen LogP contribution in [-0.4, -0.2) is 21.3 Å². The molecule has 1 aromatic heterocycles. The lowest BCUT2D eigenvalue weighted by Gasteiger charge is -2.05. The van der Waals surface area contributed by atoms with E-state index in [0.717, 1.165) is 17.7 Å². The largest absolute Gasteiger partial charge is 0.494 e. The normalized spacial score (nSPS) is 10.4. The lowest BCUT2D eigenvalue weighted by molar-refractivity contribution is -0.389. The summed E-state index contributed by atoms with van der Waals surface area (Å²) in [5, 5.41) is 14.3. The van der Waals surface area contributed by atoms with Crippen molar-refractivity contribution in [3.63, 3.8) is 0 Å². The van der Waals surface area contributed by atoms with Gasteiger partial charge in [-0.2, -0.15) is 4.68 Å². The first-order chi connectivity index (χ1) is 9.15. The number of benzene rings is 1. The molecule has 100 valence electrons. The topological polar surface area (TPSA) is 70.2 Å². The van der Waals surface area contributed by atoms with E-state index in [1.54, 1.807) is 10.9 Å². The summed E-state index contributed by atoms with van der Waals surface area (Å²) in [6.45, 7) is 3.16. The fourth-order valence-electron chi connectivity index (χ4n) is 1.69. The van der Waals surface area contributed by atoms with Crippen LogP contribution in [0.1, 0.15) is 12.0 Å². The van der Waals surface area contributed by atoms with Crippen molar-refractivity contribution < 1.29 is 9.66 Å². The van der Waals surface area contributed by atoms with Gasteiger partial charge in [0.1, 0.15) is 5.75 Å². The van der Waals surface area contributed by atoms with Gasteiger partial charge in [0.15, 0.2) is 0 Å². The van der Waals surface area contributed by atoms with E-state index in [2.05, 4.69) is 5.10 Å². The van der Waals surface area contributed by atoms with Crippen LogP contribution in [0.3, 0.4) is 0 Å². The highest BCUT2D eigenvalue weighted by Gasteiger charge is 2.09. The Labute approximate surface area is 110 Å². The second kappa shape index (κ2) is 5.99. The summed E-state index contributed by atoms with van der Waals surface area (Å²) in [5.41, 5.74) is 1.15. The second-order valence-electron chi connectivity index (χ2n) is 4.21. The predicted molar refractivity (Wildman–Crippen MR) is 70.2 cm³/mol. The molecule has 0 saturated heterocycles. The van der Waals surface area contributed by atoms with Crippen molar-refractivity contribution in [3.05, 3.63) is 52.2 Å². The van der Waals surface area contributed by atoms with Gasteiger partial charge >= 0.3 is 5.82 Å². The summed E-state index contributed by atoms with van der Waals surface area (Å²) in [6.07, 6.45) is 2.34. The lowest BCUT2D eigenvalue weighted by atomic mass is 10.2. The van der Waals surface area contributed by atoms with Gasteiger partial charge in [-0.15, -0.1) is 0 Å². The van der Waals surface area contributed by atoms with Crippen molar-refractivity contribution in [2.75, 3.05) is 6.61 Å². The first-order valence-electron chi connectivity index (χ1n) is 6.02. The fraction of sp³-hybridized carbons (Fsp3) is 0.308. The number of ether oxygens (including phenoxy) is 1. The van der Waals surface area contributed by atoms with Crippen LogP contribution in [0.15, 0.2) is 36.5 Å². The van der Waals surface area contributed by atoms with Gasteiger partial charge in [-0.05, 0) is 29.5 Å². The number of nitrogens with zero attached hydrogens (tertiary/aromatic N) is 3. The standard InChI is InChI=1S/C13H15N3O3/c1-11-4-2-5-12(10-11)19-9-3-7-15-8-6-13(14-15)16(17)18/h2,4-6,8,10H,3,7,9H2,1H3. The van der Waals surface area contributed by atoms with Crippen LogP contribution in [0.25, 0.3) is 0 Å². The molecule has 6 heteroatoms. The molecule has 1 aromatic carbocycles. The maximum absolute atomic E-state index is 10.5. The van der Waals surface area contributed by atoms with E-state index in [9.17, 15) is 10.1 Å². The molecule has 2 rings (SSSR count). The fourth-order valence-corrected chi connectivity index (χ4v) is 1.69. The average Bonchev–Trinajstić information content (AvgIpc) is 2.84. The van der Waals surface area contributed by atoms with Crippen LogP contribution in [0.5, 0.6) is 5.75 Å². The predicted octanol–water partition coefficient (Wildman–Crippen LogP) is 2.57. The Morgan fingerprint density at radius 1 is 1.42 bits per heavy atom. The minimum atomic E-state index is -0.500. The van der Waals surface area contributed by atoms with E-state index in [-0.39, 0.29) is 5.82 Å². The van der Waals surface area contributed by atoms with E-state index in [4.69, 9.17) is 4.74 Å². The van der Waals surface area contributed by atoms with Gasteiger partial charge in [-0.25, -0.2) is 0 Å². The molecule has 0 radical (unpaired) electrons. The maximum Gasteiger partial charge on any atom is 0.389 e. The summed E-state index contributed by atoms with van der Waals surface area (Å²) < 4.78 is 7.14. The first kappa shape index (κ1) is 13.1. The minimum Gasteiger partial charge on any atom is -0.494 e. The number of aromatic nitrogens is 2. The molecule has 19 heavy (non-hydrogen) atoms. The Kier molecular flexibility index (Phi) is 4.12. The van der Waals surface area contributed by atoms with Gasteiger partial charge in [0.2, 0.25) is 0 Å². The Balaban J connectivity index is 1.76. The molecule has 0 aliphatic rings.